The molecule has 6 unspecified atom stereocenters. The third-order valence-electron chi connectivity index (χ3n) is 8.72. The van der Waals surface area contributed by atoms with Gasteiger partial charge in [0.05, 0.1) is 15.0 Å². The van der Waals surface area contributed by atoms with Crippen LogP contribution in [0.2, 0.25) is 0 Å². The number of carbonyl (C=O) groups is 1. The maximum atomic E-state index is 12.7. The Morgan fingerprint density at radius 3 is 2.88 bits per heavy atom. The SMILES string of the molecule is Cc1cnc(NC(=O)CCC2CC(N=O)C3(C)CCC4c5cc(Br)c(O)c(Br)c5CCC4C23)s1. The molecule has 2 N–H and O–H groups in total. The van der Waals surface area contributed by atoms with Crippen molar-refractivity contribution in [2.75, 3.05) is 5.32 Å². The minimum atomic E-state index is -0.187. The molecule has 5 rings (SSSR count). The molecular formula is C25H29Br2N3O3S. The molecule has 0 bridgehead atoms. The number of hydrogen-bond donors (Lipinski definition) is 2. The Hall–Kier alpha value is -1.32. The molecule has 1 heterocycles. The molecule has 0 saturated heterocycles. The van der Waals surface area contributed by atoms with Gasteiger partial charge in [-0.3, -0.25) is 4.79 Å². The van der Waals surface area contributed by atoms with E-state index in [1.165, 1.54) is 22.5 Å². The number of aromatic hydroxyl groups is 1. The summed E-state index contributed by atoms with van der Waals surface area (Å²) in [6.45, 7) is 4.23. The Morgan fingerprint density at radius 1 is 1.38 bits per heavy atom. The number of phenols is 1. The molecular weight excluding hydrogens is 582 g/mol. The summed E-state index contributed by atoms with van der Waals surface area (Å²) >= 11 is 8.63. The molecule has 2 aromatic rings. The van der Waals surface area contributed by atoms with Gasteiger partial charge in [-0.25, -0.2) is 4.98 Å². The highest BCUT2D eigenvalue weighted by molar-refractivity contribution is 9.11. The van der Waals surface area contributed by atoms with Crippen molar-refractivity contribution in [3.63, 3.8) is 0 Å². The number of aryl methyl sites for hydroxylation is 1. The van der Waals surface area contributed by atoms with Crippen molar-refractivity contribution in [2.24, 2.45) is 28.3 Å². The lowest BCUT2D eigenvalue weighted by Gasteiger charge is -2.51. The van der Waals surface area contributed by atoms with Gasteiger partial charge in [0.15, 0.2) is 5.13 Å². The fourth-order valence-electron chi connectivity index (χ4n) is 7.27. The van der Waals surface area contributed by atoms with Gasteiger partial charge in [0, 0.05) is 17.5 Å². The van der Waals surface area contributed by atoms with Crippen molar-refractivity contribution in [3.05, 3.63) is 42.1 Å². The standard InChI is InChI=1S/C25H29Br2N3O3S/c1-12-11-28-24(34-12)29-20(31)6-3-13-9-19(30-33)25(2)8-7-14-15(21(13)25)4-5-16-17(14)10-18(26)23(32)22(16)27/h10-11,13-15,19,21,32H,3-9H2,1-2H3,(H,28,29,31). The summed E-state index contributed by atoms with van der Waals surface area (Å²) in [6, 6.07) is 1.91. The molecule has 6 atom stereocenters. The van der Waals surface area contributed by atoms with Gasteiger partial charge in [0.2, 0.25) is 5.91 Å². The van der Waals surface area contributed by atoms with E-state index < -0.39 is 0 Å². The summed E-state index contributed by atoms with van der Waals surface area (Å²) in [7, 11) is 0. The lowest BCUT2D eigenvalue weighted by atomic mass is 9.53. The molecule has 1 amide bonds. The van der Waals surface area contributed by atoms with Crippen molar-refractivity contribution < 1.29 is 9.90 Å². The van der Waals surface area contributed by atoms with E-state index in [0.29, 0.717) is 35.2 Å². The number of rotatable bonds is 5. The predicted octanol–water partition coefficient (Wildman–Crippen LogP) is 7.32. The normalized spacial score (nSPS) is 31.9. The van der Waals surface area contributed by atoms with Gasteiger partial charge in [-0.15, -0.1) is 11.3 Å². The first-order chi connectivity index (χ1) is 16.2. The number of fused-ring (bicyclic) bond motifs is 5. The summed E-state index contributed by atoms with van der Waals surface area (Å²) in [6.07, 6.45) is 7.66. The smallest absolute Gasteiger partial charge is 0.226 e. The molecule has 0 radical (unpaired) electrons. The van der Waals surface area contributed by atoms with Crippen LogP contribution >= 0.6 is 43.2 Å². The Labute approximate surface area is 220 Å². The highest BCUT2D eigenvalue weighted by atomic mass is 79.9. The highest BCUT2D eigenvalue weighted by Crippen LogP contribution is 2.64. The Morgan fingerprint density at radius 2 is 2.18 bits per heavy atom. The van der Waals surface area contributed by atoms with Gasteiger partial charge in [0.1, 0.15) is 5.75 Å². The average molecular weight is 611 g/mol. The molecule has 3 aliphatic carbocycles. The number of nitrogens with one attached hydrogen (secondary N) is 1. The molecule has 6 nitrogen and oxygen atoms in total. The molecule has 182 valence electrons. The van der Waals surface area contributed by atoms with Crippen LogP contribution in [0.3, 0.4) is 0 Å². The minimum Gasteiger partial charge on any atom is -0.506 e. The van der Waals surface area contributed by atoms with Gasteiger partial charge >= 0.3 is 0 Å². The number of aromatic nitrogens is 1. The Bertz CT molecular complexity index is 1140. The second-order valence-corrected chi connectivity index (χ2v) is 13.3. The molecule has 34 heavy (non-hydrogen) atoms. The van der Waals surface area contributed by atoms with E-state index in [1.807, 2.05) is 6.92 Å². The zero-order valence-corrected chi connectivity index (χ0v) is 23.3. The summed E-state index contributed by atoms with van der Waals surface area (Å²) < 4.78 is 1.52. The van der Waals surface area contributed by atoms with Crippen LogP contribution in [-0.2, 0) is 11.2 Å². The van der Waals surface area contributed by atoms with Crippen molar-refractivity contribution in [1.29, 1.82) is 0 Å². The average Bonchev–Trinajstić information content (AvgIpc) is 3.35. The maximum Gasteiger partial charge on any atom is 0.226 e. The molecule has 2 fully saturated rings. The number of amides is 1. The number of carbonyl (C=O) groups excluding carboxylic acids is 1. The second-order valence-electron chi connectivity index (χ2n) is 10.4. The van der Waals surface area contributed by atoms with Gasteiger partial charge < -0.3 is 10.4 Å². The number of halogens is 2. The number of hydrogen-bond acceptors (Lipinski definition) is 6. The number of nitroso groups, excluding NO2 is 1. The molecule has 0 aliphatic heterocycles. The lowest BCUT2D eigenvalue weighted by Crippen LogP contribution is -2.45. The van der Waals surface area contributed by atoms with E-state index in [1.54, 1.807) is 6.20 Å². The first kappa shape index (κ1) is 24.4. The third-order valence-corrected chi connectivity index (χ3v) is 11.0. The Kier molecular flexibility index (Phi) is 6.66. The van der Waals surface area contributed by atoms with Gasteiger partial charge in [0.25, 0.3) is 0 Å². The first-order valence-corrected chi connectivity index (χ1v) is 14.4. The van der Waals surface area contributed by atoms with E-state index in [9.17, 15) is 14.8 Å². The predicted molar refractivity (Wildman–Crippen MR) is 141 cm³/mol. The summed E-state index contributed by atoms with van der Waals surface area (Å²) in [5.41, 5.74) is 2.41. The lowest BCUT2D eigenvalue weighted by molar-refractivity contribution is -0.116. The van der Waals surface area contributed by atoms with E-state index in [-0.39, 0.29) is 23.1 Å². The molecule has 1 aromatic heterocycles. The van der Waals surface area contributed by atoms with Crippen molar-refractivity contribution in [3.8, 4) is 5.75 Å². The van der Waals surface area contributed by atoms with Crippen LogP contribution in [0.5, 0.6) is 5.75 Å². The highest BCUT2D eigenvalue weighted by Gasteiger charge is 2.59. The number of phenolic OH excluding ortho intramolecular Hbond substituents is 1. The zero-order chi connectivity index (χ0) is 24.2. The molecule has 0 spiro atoms. The number of anilines is 1. The zero-order valence-electron chi connectivity index (χ0n) is 19.3. The summed E-state index contributed by atoms with van der Waals surface area (Å²) in [5, 5.41) is 17.6. The summed E-state index contributed by atoms with van der Waals surface area (Å²) in [5.74, 6) is 1.77. The molecule has 1 aromatic carbocycles. The van der Waals surface area contributed by atoms with E-state index in [4.69, 9.17) is 0 Å². The van der Waals surface area contributed by atoms with E-state index in [2.05, 4.69) is 60.3 Å². The van der Waals surface area contributed by atoms with Crippen molar-refractivity contribution in [1.82, 2.24) is 4.98 Å². The van der Waals surface area contributed by atoms with Crippen molar-refractivity contribution in [2.45, 2.75) is 70.8 Å². The van der Waals surface area contributed by atoms with Crippen LogP contribution in [0.15, 0.2) is 26.4 Å². The van der Waals surface area contributed by atoms with Crippen LogP contribution in [0, 0.1) is 35.0 Å². The fraction of sp³-hybridized carbons (Fsp3) is 0.600. The fourth-order valence-corrected chi connectivity index (χ4v) is 9.30. The third kappa shape index (κ3) is 4.05. The van der Waals surface area contributed by atoms with Crippen LogP contribution in [0.25, 0.3) is 0 Å². The Balaban J connectivity index is 1.39. The van der Waals surface area contributed by atoms with Gasteiger partial charge in [-0.2, -0.15) is 4.91 Å². The first-order valence-electron chi connectivity index (χ1n) is 12.0. The maximum absolute atomic E-state index is 12.7. The van der Waals surface area contributed by atoms with Crippen LogP contribution in [0.4, 0.5) is 5.13 Å². The van der Waals surface area contributed by atoms with Crippen LogP contribution in [-0.4, -0.2) is 22.0 Å². The van der Waals surface area contributed by atoms with Crippen molar-refractivity contribution >= 4 is 54.2 Å². The summed E-state index contributed by atoms with van der Waals surface area (Å²) in [4.78, 5) is 29.9. The number of nitrogens with zero attached hydrogens (tertiary/aromatic N) is 2. The van der Waals surface area contributed by atoms with Crippen LogP contribution in [0.1, 0.15) is 67.4 Å². The largest absolute Gasteiger partial charge is 0.506 e. The minimum absolute atomic E-state index is 0.0109. The van der Waals surface area contributed by atoms with Gasteiger partial charge in [-0.05, 0) is 124 Å². The second kappa shape index (κ2) is 9.28. The number of benzene rings is 1. The molecule has 2 saturated carbocycles. The molecule has 9 heteroatoms. The van der Waals surface area contributed by atoms with E-state index >= 15 is 0 Å². The topological polar surface area (TPSA) is 91.7 Å². The number of thiazole rings is 1. The van der Waals surface area contributed by atoms with Crippen LogP contribution < -0.4 is 5.32 Å². The molecule has 3 aliphatic rings. The quantitative estimate of drug-likeness (QED) is 0.347. The van der Waals surface area contributed by atoms with Gasteiger partial charge in [-0.1, -0.05) is 12.1 Å². The monoisotopic (exact) mass is 609 g/mol. The van der Waals surface area contributed by atoms with E-state index in [0.717, 1.165) is 52.3 Å².